The van der Waals surface area contributed by atoms with Gasteiger partial charge in [0.05, 0.1) is 12.1 Å². The number of benzene rings is 2. The summed E-state index contributed by atoms with van der Waals surface area (Å²) in [5.74, 6) is 0.452. The first-order chi connectivity index (χ1) is 9.99. The van der Waals surface area contributed by atoms with Gasteiger partial charge in [-0.1, -0.05) is 24.3 Å². The van der Waals surface area contributed by atoms with E-state index in [4.69, 9.17) is 10.2 Å². The molecule has 0 unspecified atom stereocenters. The average molecular weight is 290 g/mol. The standard InChI is InChI=1S/C16H11F3NO/c17-16(18,19)12-6-11-7-13(9-20)21-15(11)14(8-12)10-4-2-1-3-5-10/h2-8H,9,20H2. The third-order valence-corrected chi connectivity index (χ3v) is 3.23. The fourth-order valence-corrected chi connectivity index (χ4v) is 2.25. The second-order valence-electron chi connectivity index (χ2n) is 4.65. The Bertz CT molecular complexity index is 775. The Kier molecular flexibility index (Phi) is 3.22. The monoisotopic (exact) mass is 290 g/mol. The van der Waals surface area contributed by atoms with Crippen LogP contribution in [-0.2, 0) is 12.7 Å². The van der Waals surface area contributed by atoms with E-state index in [1.54, 1.807) is 30.3 Å². The van der Waals surface area contributed by atoms with Crippen LogP contribution in [0.2, 0.25) is 0 Å². The van der Waals surface area contributed by atoms with Crippen molar-refractivity contribution in [3.63, 3.8) is 0 Å². The highest BCUT2D eigenvalue weighted by Gasteiger charge is 2.32. The van der Waals surface area contributed by atoms with Crippen LogP contribution in [0.25, 0.3) is 22.1 Å². The maximum absolute atomic E-state index is 13.0. The molecular weight excluding hydrogens is 279 g/mol. The first kappa shape index (κ1) is 13.7. The highest BCUT2D eigenvalue weighted by atomic mass is 19.4. The van der Waals surface area contributed by atoms with Crippen LogP contribution in [0.1, 0.15) is 11.3 Å². The van der Waals surface area contributed by atoms with Crippen LogP contribution in [-0.4, -0.2) is 0 Å². The molecule has 0 aliphatic carbocycles. The van der Waals surface area contributed by atoms with E-state index in [9.17, 15) is 13.2 Å². The summed E-state index contributed by atoms with van der Waals surface area (Å²) in [7, 11) is 0. The molecular formula is C16H11F3NO. The highest BCUT2D eigenvalue weighted by molar-refractivity contribution is 5.93. The van der Waals surface area contributed by atoms with E-state index in [1.807, 2.05) is 0 Å². The van der Waals surface area contributed by atoms with Crippen molar-refractivity contribution >= 4 is 11.0 Å². The van der Waals surface area contributed by atoms with Gasteiger partial charge in [0, 0.05) is 10.9 Å². The molecule has 107 valence electrons. The van der Waals surface area contributed by atoms with Crippen molar-refractivity contribution in [1.82, 2.24) is 0 Å². The molecule has 0 aliphatic heterocycles. The fraction of sp³-hybridized carbons (Fsp3) is 0.125. The first-order valence-electron chi connectivity index (χ1n) is 6.29. The third kappa shape index (κ3) is 2.52. The fourth-order valence-electron chi connectivity index (χ4n) is 2.25. The summed E-state index contributed by atoms with van der Waals surface area (Å²) in [5, 5.41) is 0.396. The maximum Gasteiger partial charge on any atom is 0.416 e. The Labute approximate surface area is 119 Å². The molecule has 1 radical (unpaired) electrons. The number of halogens is 3. The zero-order chi connectivity index (χ0) is 15.0. The Morgan fingerprint density at radius 3 is 2.43 bits per heavy atom. The number of hydrogen-bond acceptors (Lipinski definition) is 2. The van der Waals surface area contributed by atoms with Gasteiger partial charge in [-0.2, -0.15) is 13.2 Å². The summed E-state index contributed by atoms with van der Waals surface area (Å²) < 4.78 is 44.7. The van der Waals surface area contributed by atoms with Crippen LogP contribution in [0, 0.1) is 6.07 Å². The van der Waals surface area contributed by atoms with Gasteiger partial charge in [-0.15, -0.1) is 0 Å². The Hall–Kier alpha value is -2.27. The molecule has 21 heavy (non-hydrogen) atoms. The van der Waals surface area contributed by atoms with Gasteiger partial charge < -0.3 is 10.2 Å². The quantitative estimate of drug-likeness (QED) is 0.760. The summed E-state index contributed by atoms with van der Waals surface area (Å²) in [6.07, 6.45) is -4.41. The van der Waals surface area contributed by atoms with Gasteiger partial charge in [0.1, 0.15) is 11.3 Å². The van der Waals surface area contributed by atoms with Gasteiger partial charge in [-0.3, -0.25) is 0 Å². The number of alkyl halides is 3. The smallest absolute Gasteiger partial charge is 0.416 e. The molecule has 2 N–H and O–H groups in total. The summed E-state index contributed by atoms with van der Waals surface area (Å²) in [6, 6.07) is 13.2. The maximum atomic E-state index is 13.0. The first-order valence-corrected chi connectivity index (χ1v) is 6.29. The van der Waals surface area contributed by atoms with Crippen molar-refractivity contribution in [2.24, 2.45) is 5.73 Å². The second-order valence-corrected chi connectivity index (χ2v) is 4.65. The van der Waals surface area contributed by atoms with Gasteiger partial charge in [0.25, 0.3) is 0 Å². The van der Waals surface area contributed by atoms with E-state index in [0.29, 0.717) is 27.9 Å². The molecule has 0 aliphatic rings. The normalized spacial score (nSPS) is 12.0. The zero-order valence-electron chi connectivity index (χ0n) is 10.9. The van der Waals surface area contributed by atoms with Crippen LogP contribution in [0.3, 0.4) is 0 Å². The lowest BCUT2D eigenvalue weighted by molar-refractivity contribution is -0.137. The van der Waals surface area contributed by atoms with Crippen molar-refractivity contribution in [2.45, 2.75) is 12.7 Å². The lowest BCUT2D eigenvalue weighted by Gasteiger charge is -2.10. The molecule has 3 aromatic rings. The second kappa shape index (κ2) is 4.93. The molecule has 0 bridgehead atoms. The number of fused-ring (bicyclic) bond motifs is 1. The van der Waals surface area contributed by atoms with Gasteiger partial charge in [-0.25, -0.2) is 0 Å². The van der Waals surface area contributed by atoms with Crippen LogP contribution >= 0.6 is 0 Å². The Morgan fingerprint density at radius 2 is 1.81 bits per heavy atom. The number of nitrogens with two attached hydrogens (primary N) is 1. The zero-order valence-corrected chi connectivity index (χ0v) is 10.9. The summed E-state index contributed by atoms with van der Waals surface area (Å²) in [4.78, 5) is 0. The minimum atomic E-state index is -4.41. The minimum absolute atomic E-state index is 0.137. The average Bonchev–Trinajstić information content (AvgIpc) is 2.89. The van der Waals surface area contributed by atoms with Gasteiger partial charge in [0.2, 0.25) is 0 Å². The van der Waals surface area contributed by atoms with E-state index < -0.39 is 11.7 Å². The largest absolute Gasteiger partial charge is 0.459 e. The SMILES string of the molecule is NCc1cc2cc(C(F)(F)F)cc(-c3cc[c]cc3)c2o1. The van der Waals surface area contributed by atoms with Crippen LogP contribution in [0.5, 0.6) is 0 Å². The molecule has 2 nitrogen and oxygen atoms in total. The van der Waals surface area contributed by atoms with Crippen molar-refractivity contribution in [3.05, 3.63) is 59.9 Å². The van der Waals surface area contributed by atoms with Crippen LogP contribution in [0.15, 0.2) is 46.9 Å². The molecule has 2 aromatic carbocycles. The number of furan rings is 1. The molecule has 0 saturated carbocycles. The molecule has 0 saturated heterocycles. The molecule has 1 heterocycles. The van der Waals surface area contributed by atoms with Crippen molar-refractivity contribution in [3.8, 4) is 11.1 Å². The van der Waals surface area contributed by atoms with E-state index in [1.165, 1.54) is 0 Å². The van der Waals surface area contributed by atoms with E-state index in [0.717, 1.165) is 12.1 Å². The van der Waals surface area contributed by atoms with Gasteiger partial charge in [0.15, 0.2) is 0 Å². The van der Waals surface area contributed by atoms with Crippen molar-refractivity contribution in [2.75, 3.05) is 0 Å². The highest BCUT2D eigenvalue weighted by Crippen LogP contribution is 2.38. The molecule has 0 fully saturated rings. The predicted octanol–water partition coefficient (Wildman–Crippen LogP) is 4.38. The minimum Gasteiger partial charge on any atom is -0.459 e. The number of hydrogen-bond donors (Lipinski definition) is 1. The van der Waals surface area contributed by atoms with E-state index in [2.05, 4.69) is 6.07 Å². The molecule has 5 heteroatoms. The number of rotatable bonds is 2. The molecule has 0 amide bonds. The van der Waals surface area contributed by atoms with Crippen molar-refractivity contribution < 1.29 is 17.6 Å². The topological polar surface area (TPSA) is 39.2 Å². The molecule has 0 spiro atoms. The summed E-state index contributed by atoms with van der Waals surface area (Å²) >= 11 is 0. The lowest BCUT2D eigenvalue weighted by Crippen LogP contribution is -2.04. The Balaban J connectivity index is 2.32. The lowest BCUT2D eigenvalue weighted by atomic mass is 10.00. The van der Waals surface area contributed by atoms with Gasteiger partial charge in [-0.05, 0) is 29.8 Å². The molecule has 1 aromatic heterocycles. The Morgan fingerprint density at radius 1 is 1.10 bits per heavy atom. The van der Waals surface area contributed by atoms with Crippen LogP contribution in [0.4, 0.5) is 13.2 Å². The van der Waals surface area contributed by atoms with Gasteiger partial charge >= 0.3 is 6.18 Å². The molecule has 0 atom stereocenters. The summed E-state index contributed by atoms with van der Waals surface area (Å²) in [5.41, 5.74) is 6.25. The predicted molar refractivity (Wildman–Crippen MR) is 73.4 cm³/mol. The molecule has 3 rings (SSSR count). The van der Waals surface area contributed by atoms with Crippen molar-refractivity contribution in [1.29, 1.82) is 0 Å². The van der Waals surface area contributed by atoms with Crippen LogP contribution < -0.4 is 5.73 Å². The summed E-state index contributed by atoms with van der Waals surface area (Å²) in [6.45, 7) is 0.137. The third-order valence-electron chi connectivity index (χ3n) is 3.23. The van der Waals surface area contributed by atoms with E-state index in [-0.39, 0.29) is 6.54 Å². The van der Waals surface area contributed by atoms with E-state index >= 15 is 0 Å².